The van der Waals surface area contributed by atoms with E-state index in [0.29, 0.717) is 31.1 Å². The fraction of sp³-hybridized carbons (Fsp3) is 0.464. The number of hydrogen-bond acceptors (Lipinski definition) is 5. The minimum Gasteiger partial charge on any atom is -0.372 e. The van der Waals surface area contributed by atoms with Crippen molar-refractivity contribution in [3.8, 4) is 11.3 Å². The van der Waals surface area contributed by atoms with E-state index in [1.807, 2.05) is 18.2 Å². The molecule has 0 saturated carbocycles. The van der Waals surface area contributed by atoms with E-state index in [4.69, 9.17) is 21.4 Å². The van der Waals surface area contributed by atoms with Gasteiger partial charge in [-0.2, -0.15) is 9.40 Å². The van der Waals surface area contributed by atoms with Crippen LogP contribution >= 0.6 is 11.6 Å². The lowest BCUT2D eigenvalue weighted by Crippen LogP contribution is -2.35. The highest BCUT2D eigenvalue weighted by atomic mass is 35.5. The van der Waals surface area contributed by atoms with E-state index < -0.39 is 10.0 Å². The lowest BCUT2D eigenvalue weighted by Gasteiger charge is -2.26. The number of rotatable bonds is 10. The maximum absolute atomic E-state index is 13.2. The van der Waals surface area contributed by atoms with Crippen LogP contribution in [0.2, 0.25) is 5.02 Å². The molecule has 0 radical (unpaired) electrons. The molecule has 0 amide bonds. The SMILES string of the molecule is CS(=O)(=O)N1CCc2c(c(-c3ccc(Cl)c(COCc4ccc(F)cc4)c3)nn2CCCN2CCCC2)C1. The molecule has 1 saturated heterocycles. The molecule has 0 aliphatic carbocycles. The Kier molecular flexibility index (Phi) is 8.50. The van der Waals surface area contributed by atoms with E-state index in [0.717, 1.165) is 53.2 Å². The Morgan fingerprint density at radius 1 is 1.03 bits per heavy atom. The Balaban J connectivity index is 1.37. The Morgan fingerprint density at radius 2 is 1.79 bits per heavy atom. The molecule has 10 heteroatoms. The maximum Gasteiger partial charge on any atom is 0.211 e. The second kappa shape index (κ2) is 11.8. The highest BCUT2D eigenvalue weighted by Crippen LogP contribution is 2.33. The van der Waals surface area contributed by atoms with Crippen LogP contribution < -0.4 is 0 Å². The van der Waals surface area contributed by atoms with Crippen molar-refractivity contribution in [2.75, 3.05) is 32.4 Å². The molecule has 5 rings (SSSR count). The summed E-state index contributed by atoms with van der Waals surface area (Å²) in [5.41, 5.74) is 5.46. The minimum absolute atomic E-state index is 0.280. The number of benzene rings is 2. The van der Waals surface area contributed by atoms with Gasteiger partial charge in [-0.1, -0.05) is 29.8 Å². The zero-order valence-corrected chi connectivity index (χ0v) is 23.3. The number of likely N-dealkylation sites (tertiary alicyclic amines) is 1. The summed E-state index contributed by atoms with van der Waals surface area (Å²) in [4.78, 5) is 2.50. The number of ether oxygens (including phenoxy) is 1. The van der Waals surface area contributed by atoms with Crippen LogP contribution in [-0.2, 0) is 47.5 Å². The number of aromatic nitrogens is 2. The van der Waals surface area contributed by atoms with Gasteiger partial charge in [0.1, 0.15) is 5.82 Å². The molecular formula is C28H34ClFN4O3S. The molecule has 2 aromatic carbocycles. The van der Waals surface area contributed by atoms with Crippen molar-refractivity contribution in [2.24, 2.45) is 0 Å². The maximum atomic E-state index is 13.2. The standard InChI is InChI=1S/C28H34ClFN4O3S/c1-38(35,36)33-16-11-27-25(18-33)28(31-34(27)15-4-14-32-12-2-3-13-32)22-7-10-26(29)23(17-22)20-37-19-21-5-8-24(30)9-6-21/h5-10,17H,2-4,11-16,18-20H2,1H3. The van der Waals surface area contributed by atoms with Gasteiger partial charge in [-0.05, 0) is 74.3 Å². The Morgan fingerprint density at radius 3 is 2.53 bits per heavy atom. The zero-order chi connectivity index (χ0) is 26.7. The highest BCUT2D eigenvalue weighted by Gasteiger charge is 2.30. The van der Waals surface area contributed by atoms with Crippen LogP contribution in [0.25, 0.3) is 11.3 Å². The van der Waals surface area contributed by atoms with Crippen LogP contribution in [0, 0.1) is 5.82 Å². The van der Waals surface area contributed by atoms with E-state index in [-0.39, 0.29) is 12.4 Å². The molecule has 38 heavy (non-hydrogen) atoms. The van der Waals surface area contributed by atoms with E-state index >= 15 is 0 Å². The second-order valence-electron chi connectivity index (χ2n) is 10.2. The third-order valence-electron chi connectivity index (χ3n) is 7.37. The second-order valence-corrected chi connectivity index (χ2v) is 12.6. The third-order valence-corrected chi connectivity index (χ3v) is 8.99. The van der Waals surface area contributed by atoms with Gasteiger partial charge in [0.05, 0.1) is 25.2 Å². The van der Waals surface area contributed by atoms with Gasteiger partial charge < -0.3 is 9.64 Å². The molecule has 7 nitrogen and oxygen atoms in total. The van der Waals surface area contributed by atoms with Crippen LogP contribution in [0.15, 0.2) is 42.5 Å². The van der Waals surface area contributed by atoms with Crippen LogP contribution in [-0.4, -0.2) is 59.8 Å². The van der Waals surface area contributed by atoms with Gasteiger partial charge in [-0.15, -0.1) is 0 Å². The molecule has 2 aliphatic heterocycles. The Hall–Kier alpha value is -2.30. The number of halogens is 2. The fourth-order valence-electron chi connectivity index (χ4n) is 5.31. The van der Waals surface area contributed by atoms with E-state index in [9.17, 15) is 12.8 Å². The summed E-state index contributed by atoms with van der Waals surface area (Å²) in [6.45, 7) is 5.60. The molecule has 0 unspecified atom stereocenters. The summed E-state index contributed by atoms with van der Waals surface area (Å²) >= 11 is 6.50. The lowest BCUT2D eigenvalue weighted by molar-refractivity contribution is 0.107. The van der Waals surface area contributed by atoms with Crippen LogP contribution in [0.5, 0.6) is 0 Å². The number of fused-ring (bicyclic) bond motifs is 1. The molecule has 0 N–H and O–H groups in total. The average Bonchev–Trinajstić information content (AvgIpc) is 3.54. The first kappa shape index (κ1) is 27.3. The van der Waals surface area contributed by atoms with Gasteiger partial charge in [0, 0.05) is 47.9 Å². The van der Waals surface area contributed by atoms with Gasteiger partial charge in [-0.3, -0.25) is 4.68 Å². The van der Waals surface area contributed by atoms with Gasteiger partial charge in [-0.25, -0.2) is 12.8 Å². The number of aryl methyl sites for hydroxylation is 1. The van der Waals surface area contributed by atoms with Gasteiger partial charge in [0.15, 0.2) is 0 Å². The van der Waals surface area contributed by atoms with Crippen molar-refractivity contribution in [2.45, 2.75) is 52.0 Å². The summed E-state index contributed by atoms with van der Waals surface area (Å²) < 4.78 is 47.4. The number of hydrogen-bond donors (Lipinski definition) is 0. The predicted molar refractivity (Wildman–Crippen MR) is 147 cm³/mol. The molecule has 2 aliphatic rings. The van der Waals surface area contributed by atoms with E-state index in [1.54, 1.807) is 12.1 Å². The Labute approximate surface area is 229 Å². The minimum atomic E-state index is -3.32. The lowest BCUT2D eigenvalue weighted by atomic mass is 10.0. The van der Waals surface area contributed by atoms with Gasteiger partial charge in [0.25, 0.3) is 0 Å². The largest absolute Gasteiger partial charge is 0.372 e. The van der Waals surface area contributed by atoms with Crippen molar-refractivity contribution in [3.63, 3.8) is 0 Å². The molecule has 0 spiro atoms. The Bertz CT molecular complexity index is 1370. The van der Waals surface area contributed by atoms with Crippen molar-refractivity contribution in [1.82, 2.24) is 19.0 Å². The van der Waals surface area contributed by atoms with E-state index in [2.05, 4.69) is 9.58 Å². The summed E-state index contributed by atoms with van der Waals surface area (Å²) in [5.74, 6) is -0.280. The van der Waals surface area contributed by atoms with Crippen molar-refractivity contribution >= 4 is 21.6 Å². The third kappa shape index (κ3) is 6.46. The number of nitrogens with zero attached hydrogens (tertiary/aromatic N) is 4. The van der Waals surface area contributed by atoms with E-state index in [1.165, 1.54) is 48.6 Å². The van der Waals surface area contributed by atoms with Gasteiger partial charge >= 0.3 is 0 Å². The molecule has 0 atom stereocenters. The first-order valence-electron chi connectivity index (χ1n) is 13.1. The quantitative estimate of drug-likeness (QED) is 0.354. The first-order valence-corrected chi connectivity index (χ1v) is 15.4. The van der Waals surface area contributed by atoms with Crippen molar-refractivity contribution < 1.29 is 17.5 Å². The summed E-state index contributed by atoms with van der Waals surface area (Å²) in [6.07, 6.45) is 5.45. The number of sulfonamides is 1. The predicted octanol–water partition coefficient (Wildman–Crippen LogP) is 4.86. The summed E-state index contributed by atoms with van der Waals surface area (Å²) in [6, 6.07) is 12.0. The molecule has 1 fully saturated rings. The van der Waals surface area contributed by atoms with Crippen molar-refractivity contribution in [3.05, 3.63) is 75.7 Å². The summed E-state index contributed by atoms with van der Waals surface area (Å²) in [5, 5.41) is 5.59. The normalized spacial score (nSPS) is 16.7. The summed E-state index contributed by atoms with van der Waals surface area (Å²) in [7, 11) is -3.32. The van der Waals surface area contributed by atoms with Crippen LogP contribution in [0.1, 0.15) is 41.6 Å². The smallest absolute Gasteiger partial charge is 0.211 e. The fourth-order valence-corrected chi connectivity index (χ4v) is 6.27. The molecular weight excluding hydrogens is 527 g/mol. The zero-order valence-electron chi connectivity index (χ0n) is 21.7. The van der Waals surface area contributed by atoms with Gasteiger partial charge in [0.2, 0.25) is 10.0 Å². The molecule has 3 aromatic rings. The topological polar surface area (TPSA) is 67.7 Å². The average molecular weight is 561 g/mol. The first-order chi connectivity index (χ1) is 18.3. The highest BCUT2D eigenvalue weighted by molar-refractivity contribution is 7.88. The molecule has 3 heterocycles. The molecule has 0 bridgehead atoms. The van der Waals surface area contributed by atoms with Crippen LogP contribution in [0.3, 0.4) is 0 Å². The van der Waals surface area contributed by atoms with Crippen LogP contribution in [0.4, 0.5) is 4.39 Å². The molecule has 204 valence electrons. The molecule has 1 aromatic heterocycles. The monoisotopic (exact) mass is 560 g/mol. The van der Waals surface area contributed by atoms with Crippen molar-refractivity contribution in [1.29, 1.82) is 0 Å².